The second-order valence-electron chi connectivity index (χ2n) is 5.14. The van der Waals surface area contributed by atoms with E-state index in [1.54, 1.807) is 6.33 Å². The summed E-state index contributed by atoms with van der Waals surface area (Å²) in [5.41, 5.74) is 2.99. The SMILES string of the molecule is c1ccc2c(c1)ncn2-c1ccc(CNC2CC2)nn1. The molecule has 2 heterocycles. The van der Waals surface area contributed by atoms with Gasteiger partial charge in [0, 0.05) is 12.6 Å². The van der Waals surface area contributed by atoms with Crippen molar-refractivity contribution in [3.8, 4) is 5.82 Å². The standard InChI is InChI=1S/C15H15N5/c1-2-4-14-13(3-1)17-10-20(14)15-8-7-12(18-19-15)9-16-11-5-6-11/h1-4,7-8,10-11,16H,5-6,9H2. The second kappa shape index (κ2) is 4.68. The lowest BCUT2D eigenvalue weighted by Crippen LogP contribution is -2.16. The number of fused-ring (bicyclic) bond motifs is 1. The summed E-state index contributed by atoms with van der Waals surface area (Å²) in [6, 6.07) is 12.7. The number of hydrogen-bond acceptors (Lipinski definition) is 4. The van der Waals surface area contributed by atoms with E-state index in [1.165, 1.54) is 12.8 Å². The maximum Gasteiger partial charge on any atom is 0.161 e. The van der Waals surface area contributed by atoms with Crippen molar-refractivity contribution in [1.29, 1.82) is 0 Å². The van der Waals surface area contributed by atoms with E-state index < -0.39 is 0 Å². The molecule has 4 rings (SSSR count). The Morgan fingerprint density at radius 1 is 1.10 bits per heavy atom. The fraction of sp³-hybridized carbons (Fsp3) is 0.267. The van der Waals surface area contributed by atoms with Gasteiger partial charge >= 0.3 is 0 Å². The van der Waals surface area contributed by atoms with Gasteiger partial charge in [0.1, 0.15) is 6.33 Å². The molecule has 5 nitrogen and oxygen atoms in total. The van der Waals surface area contributed by atoms with E-state index in [9.17, 15) is 0 Å². The summed E-state index contributed by atoms with van der Waals surface area (Å²) in [4.78, 5) is 4.37. The van der Waals surface area contributed by atoms with Gasteiger partial charge in [0.05, 0.1) is 16.7 Å². The molecule has 100 valence electrons. The van der Waals surface area contributed by atoms with Crippen LogP contribution in [0.15, 0.2) is 42.7 Å². The summed E-state index contributed by atoms with van der Waals surface area (Å²) in [5, 5.41) is 12.0. The highest BCUT2D eigenvalue weighted by atomic mass is 15.2. The number of nitrogens with zero attached hydrogens (tertiary/aromatic N) is 4. The van der Waals surface area contributed by atoms with Crippen molar-refractivity contribution >= 4 is 11.0 Å². The Bertz CT molecular complexity index is 727. The predicted molar refractivity (Wildman–Crippen MR) is 76.5 cm³/mol. The first-order valence-electron chi connectivity index (χ1n) is 6.88. The topological polar surface area (TPSA) is 55.6 Å². The van der Waals surface area contributed by atoms with Crippen molar-refractivity contribution in [3.05, 3.63) is 48.4 Å². The van der Waals surface area contributed by atoms with Gasteiger partial charge in [-0.1, -0.05) is 12.1 Å². The molecule has 0 spiro atoms. The molecule has 20 heavy (non-hydrogen) atoms. The Morgan fingerprint density at radius 2 is 2.00 bits per heavy atom. The van der Waals surface area contributed by atoms with Gasteiger partial charge in [-0.3, -0.25) is 4.57 Å². The van der Waals surface area contributed by atoms with Crippen LogP contribution in [0.5, 0.6) is 0 Å². The molecule has 5 heteroatoms. The van der Waals surface area contributed by atoms with E-state index in [4.69, 9.17) is 0 Å². The minimum absolute atomic E-state index is 0.689. The Balaban J connectivity index is 1.61. The van der Waals surface area contributed by atoms with Crippen LogP contribution in [-0.2, 0) is 6.54 Å². The summed E-state index contributed by atoms with van der Waals surface area (Å²) in [7, 11) is 0. The Labute approximate surface area is 116 Å². The third-order valence-electron chi connectivity index (χ3n) is 3.56. The first-order chi connectivity index (χ1) is 9.90. The zero-order chi connectivity index (χ0) is 13.4. The third kappa shape index (κ3) is 2.16. The molecular weight excluding hydrogens is 250 g/mol. The van der Waals surface area contributed by atoms with Crippen molar-refractivity contribution in [1.82, 2.24) is 25.1 Å². The third-order valence-corrected chi connectivity index (χ3v) is 3.56. The second-order valence-corrected chi connectivity index (χ2v) is 5.14. The van der Waals surface area contributed by atoms with Crippen LogP contribution < -0.4 is 5.32 Å². The lowest BCUT2D eigenvalue weighted by molar-refractivity contribution is 0.664. The fourth-order valence-electron chi connectivity index (χ4n) is 2.25. The van der Waals surface area contributed by atoms with E-state index in [2.05, 4.69) is 20.5 Å². The number of hydrogen-bond donors (Lipinski definition) is 1. The molecule has 0 saturated heterocycles. The molecule has 0 radical (unpaired) electrons. The van der Waals surface area contributed by atoms with Crippen LogP contribution in [0.25, 0.3) is 16.9 Å². The predicted octanol–water partition coefficient (Wildman–Crippen LogP) is 2.07. The highest BCUT2D eigenvalue weighted by Crippen LogP contribution is 2.19. The molecule has 1 N–H and O–H groups in total. The van der Waals surface area contributed by atoms with Gasteiger partial charge in [-0.05, 0) is 37.1 Å². The van der Waals surface area contributed by atoms with Crippen molar-refractivity contribution < 1.29 is 0 Å². The summed E-state index contributed by atoms with van der Waals surface area (Å²) in [6.07, 6.45) is 4.36. The van der Waals surface area contributed by atoms with Gasteiger partial charge in [0.25, 0.3) is 0 Å². The van der Waals surface area contributed by atoms with Crippen molar-refractivity contribution in [2.75, 3.05) is 0 Å². The first-order valence-corrected chi connectivity index (χ1v) is 6.88. The molecule has 1 fully saturated rings. The zero-order valence-electron chi connectivity index (χ0n) is 11.0. The van der Waals surface area contributed by atoms with Gasteiger partial charge in [-0.25, -0.2) is 4.98 Å². The average molecular weight is 265 g/mol. The number of rotatable bonds is 4. The van der Waals surface area contributed by atoms with Crippen LogP contribution in [0.2, 0.25) is 0 Å². The Kier molecular flexibility index (Phi) is 2.70. The summed E-state index contributed by atoms with van der Waals surface area (Å²) in [6.45, 7) is 0.794. The first kappa shape index (κ1) is 11.5. The minimum atomic E-state index is 0.689. The smallest absolute Gasteiger partial charge is 0.161 e. The maximum atomic E-state index is 4.37. The van der Waals surface area contributed by atoms with Crippen LogP contribution >= 0.6 is 0 Å². The normalized spacial score (nSPS) is 14.8. The number of imidazole rings is 1. The van der Waals surface area contributed by atoms with Crippen LogP contribution in [-0.4, -0.2) is 25.8 Å². The molecule has 2 aromatic heterocycles. The molecule has 1 saturated carbocycles. The quantitative estimate of drug-likeness (QED) is 0.784. The van der Waals surface area contributed by atoms with Crippen LogP contribution in [0.4, 0.5) is 0 Å². The number of nitrogens with one attached hydrogen (secondary N) is 1. The van der Waals surface area contributed by atoms with E-state index in [0.717, 1.165) is 29.1 Å². The van der Waals surface area contributed by atoms with Gasteiger partial charge in [0.15, 0.2) is 5.82 Å². The molecule has 1 aromatic carbocycles. The fourth-order valence-corrected chi connectivity index (χ4v) is 2.25. The molecule has 0 bridgehead atoms. The van der Waals surface area contributed by atoms with Gasteiger partial charge in [0.2, 0.25) is 0 Å². The summed E-state index contributed by atoms with van der Waals surface area (Å²) in [5.74, 6) is 0.800. The van der Waals surface area contributed by atoms with E-state index in [-0.39, 0.29) is 0 Å². The Morgan fingerprint density at radius 3 is 2.80 bits per heavy atom. The number of para-hydroxylation sites is 2. The average Bonchev–Trinajstić information content (AvgIpc) is 3.23. The molecular formula is C15H15N5. The maximum absolute atomic E-state index is 4.37. The lowest BCUT2D eigenvalue weighted by Gasteiger charge is -2.04. The monoisotopic (exact) mass is 265 g/mol. The van der Waals surface area contributed by atoms with Gasteiger partial charge < -0.3 is 5.32 Å². The van der Waals surface area contributed by atoms with Crippen LogP contribution in [0, 0.1) is 0 Å². The lowest BCUT2D eigenvalue weighted by atomic mass is 10.3. The zero-order valence-corrected chi connectivity index (χ0v) is 11.0. The number of aromatic nitrogens is 4. The molecule has 0 atom stereocenters. The molecule has 1 aliphatic rings. The molecule has 0 unspecified atom stereocenters. The Hall–Kier alpha value is -2.27. The van der Waals surface area contributed by atoms with E-state index >= 15 is 0 Å². The largest absolute Gasteiger partial charge is 0.308 e. The van der Waals surface area contributed by atoms with Crippen molar-refractivity contribution in [2.45, 2.75) is 25.4 Å². The molecule has 0 aliphatic heterocycles. The van der Waals surface area contributed by atoms with Gasteiger partial charge in [-0.15, -0.1) is 5.10 Å². The molecule has 3 aromatic rings. The van der Waals surface area contributed by atoms with Gasteiger partial charge in [-0.2, -0.15) is 5.10 Å². The highest BCUT2D eigenvalue weighted by Gasteiger charge is 2.20. The summed E-state index contributed by atoms with van der Waals surface area (Å²) < 4.78 is 1.96. The van der Waals surface area contributed by atoms with E-state index in [1.807, 2.05) is 41.0 Å². The van der Waals surface area contributed by atoms with Crippen molar-refractivity contribution in [2.24, 2.45) is 0 Å². The van der Waals surface area contributed by atoms with Crippen molar-refractivity contribution in [3.63, 3.8) is 0 Å². The van der Waals surface area contributed by atoms with Crippen LogP contribution in [0.1, 0.15) is 18.5 Å². The highest BCUT2D eigenvalue weighted by molar-refractivity contribution is 5.76. The minimum Gasteiger partial charge on any atom is -0.308 e. The molecule has 0 amide bonds. The molecule has 1 aliphatic carbocycles. The van der Waals surface area contributed by atoms with Crippen LogP contribution in [0.3, 0.4) is 0 Å². The number of benzene rings is 1. The van der Waals surface area contributed by atoms with E-state index in [0.29, 0.717) is 6.04 Å². The summed E-state index contributed by atoms with van der Waals surface area (Å²) >= 11 is 0.